The second-order valence-corrected chi connectivity index (χ2v) is 10.2. The highest BCUT2D eigenvalue weighted by Gasteiger charge is 2.30. The molecule has 8 nitrogen and oxygen atoms in total. The maximum absolute atomic E-state index is 12.8. The molecule has 1 saturated heterocycles. The molecule has 33 heavy (non-hydrogen) atoms. The number of nitrogens with zero attached hydrogens (tertiary/aromatic N) is 5. The topological polar surface area (TPSA) is 78.8 Å². The number of benzene rings is 2. The first-order chi connectivity index (χ1) is 15.9. The van der Waals surface area contributed by atoms with E-state index in [1.165, 1.54) is 9.87 Å². The standard InChI is InChI=1S/C24H29N5O3S/c1-26(17-22-16-25-28(19-22)18-21-8-4-2-5-9-21)20-24(30)27-12-14-29(15-13-27)33(31,32)23-10-6-3-7-11-23/h2-11,16,19H,12-15,17-18,20H2,1H3. The molecule has 174 valence electrons. The van der Waals surface area contributed by atoms with Gasteiger partial charge in [-0.2, -0.15) is 9.40 Å². The van der Waals surface area contributed by atoms with Crippen molar-refractivity contribution < 1.29 is 13.2 Å². The fraction of sp³-hybridized carbons (Fsp3) is 0.333. The molecule has 0 radical (unpaired) electrons. The summed E-state index contributed by atoms with van der Waals surface area (Å²) in [7, 11) is -1.61. The molecule has 0 saturated carbocycles. The monoisotopic (exact) mass is 467 g/mol. The van der Waals surface area contributed by atoms with E-state index in [4.69, 9.17) is 0 Å². The van der Waals surface area contributed by atoms with Crippen LogP contribution >= 0.6 is 0 Å². The van der Waals surface area contributed by atoms with E-state index in [1.54, 1.807) is 35.2 Å². The first-order valence-electron chi connectivity index (χ1n) is 11.0. The van der Waals surface area contributed by atoms with Gasteiger partial charge < -0.3 is 4.90 Å². The largest absolute Gasteiger partial charge is 0.339 e. The van der Waals surface area contributed by atoms with Crippen LogP contribution in [0, 0.1) is 0 Å². The van der Waals surface area contributed by atoms with E-state index in [1.807, 2.05) is 47.2 Å². The van der Waals surface area contributed by atoms with Gasteiger partial charge in [-0.15, -0.1) is 0 Å². The van der Waals surface area contributed by atoms with E-state index in [0.29, 0.717) is 39.3 Å². The van der Waals surface area contributed by atoms with Gasteiger partial charge in [-0.05, 0) is 24.7 Å². The van der Waals surface area contributed by atoms with E-state index < -0.39 is 10.0 Å². The quantitative estimate of drug-likeness (QED) is 0.506. The van der Waals surface area contributed by atoms with Gasteiger partial charge >= 0.3 is 0 Å². The van der Waals surface area contributed by atoms with Crippen LogP contribution in [0.5, 0.6) is 0 Å². The van der Waals surface area contributed by atoms with Crippen LogP contribution in [-0.2, 0) is 27.9 Å². The minimum Gasteiger partial charge on any atom is -0.339 e. The molecule has 1 aliphatic heterocycles. The summed E-state index contributed by atoms with van der Waals surface area (Å²) in [6.45, 7) is 3.00. The zero-order valence-electron chi connectivity index (χ0n) is 18.7. The summed E-state index contributed by atoms with van der Waals surface area (Å²) in [5, 5.41) is 4.42. The van der Waals surface area contributed by atoms with Crippen LogP contribution in [0.4, 0.5) is 0 Å². The van der Waals surface area contributed by atoms with Gasteiger partial charge in [-0.25, -0.2) is 8.42 Å². The predicted octanol–water partition coefficient (Wildman–Crippen LogP) is 1.90. The van der Waals surface area contributed by atoms with Gasteiger partial charge in [0.05, 0.1) is 24.2 Å². The van der Waals surface area contributed by atoms with Gasteiger partial charge in [0.1, 0.15) is 0 Å². The van der Waals surface area contributed by atoms with Gasteiger partial charge in [0.15, 0.2) is 0 Å². The number of carbonyl (C=O) groups excluding carboxylic acids is 1. The molecular weight excluding hydrogens is 438 g/mol. The lowest BCUT2D eigenvalue weighted by Gasteiger charge is -2.34. The fourth-order valence-electron chi connectivity index (χ4n) is 3.96. The number of rotatable bonds is 8. The van der Waals surface area contributed by atoms with Crippen molar-refractivity contribution in [3.8, 4) is 0 Å². The Bertz CT molecular complexity index is 1160. The predicted molar refractivity (Wildman–Crippen MR) is 126 cm³/mol. The number of piperazine rings is 1. The minimum atomic E-state index is -3.52. The molecule has 3 aromatic rings. The first kappa shape index (κ1) is 23.2. The van der Waals surface area contributed by atoms with Gasteiger partial charge in [-0.1, -0.05) is 48.5 Å². The molecular formula is C24H29N5O3S. The number of hydrogen-bond acceptors (Lipinski definition) is 5. The minimum absolute atomic E-state index is 0.00550. The van der Waals surface area contributed by atoms with E-state index in [-0.39, 0.29) is 17.3 Å². The average molecular weight is 468 g/mol. The Morgan fingerprint density at radius 2 is 1.58 bits per heavy atom. The van der Waals surface area contributed by atoms with E-state index in [0.717, 1.165) is 5.56 Å². The average Bonchev–Trinajstić information content (AvgIpc) is 3.26. The van der Waals surface area contributed by atoms with Gasteiger partial charge in [0.25, 0.3) is 0 Å². The van der Waals surface area contributed by atoms with E-state index in [9.17, 15) is 13.2 Å². The molecule has 2 aromatic carbocycles. The molecule has 1 aromatic heterocycles. The Kier molecular flexibility index (Phi) is 7.22. The fourth-order valence-corrected chi connectivity index (χ4v) is 5.41. The molecule has 1 amide bonds. The van der Waals surface area contributed by atoms with Crippen molar-refractivity contribution in [3.05, 3.63) is 84.2 Å². The molecule has 0 bridgehead atoms. The molecule has 0 atom stereocenters. The summed E-state index contributed by atoms with van der Waals surface area (Å²) in [6, 6.07) is 18.6. The van der Waals surface area contributed by atoms with Gasteiger partial charge in [0, 0.05) is 44.5 Å². The third-order valence-corrected chi connectivity index (χ3v) is 7.62. The third kappa shape index (κ3) is 5.87. The molecule has 0 unspecified atom stereocenters. The lowest BCUT2D eigenvalue weighted by atomic mass is 10.2. The zero-order chi connectivity index (χ0) is 23.3. The van der Waals surface area contributed by atoms with Gasteiger partial charge in [-0.3, -0.25) is 14.4 Å². The van der Waals surface area contributed by atoms with Crippen LogP contribution in [0.15, 0.2) is 78.0 Å². The van der Waals surface area contributed by atoms with Gasteiger partial charge in [0.2, 0.25) is 15.9 Å². The third-order valence-electron chi connectivity index (χ3n) is 5.70. The van der Waals surface area contributed by atoms with Crippen molar-refractivity contribution in [1.29, 1.82) is 0 Å². The van der Waals surface area contributed by atoms with E-state index >= 15 is 0 Å². The molecule has 0 N–H and O–H groups in total. The highest BCUT2D eigenvalue weighted by molar-refractivity contribution is 7.89. The van der Waals surface area contributed by atoms with Crippen molar-refractivity contribution >= 4 is 15.9 Å². The number of carbonyl (C=O) groups is 1. The van der Waals surface area contributed by atoms with Crippen LogP contribution in [0.1, 0.15) is 11.1 Å². The first-order valence-corrected chi connectivity index (χ1v) is 12.4. The van der Waals surface area contributed by atoms with Crippen molar-refractivity contribution in [1.82, 2.24) is 23.9 Å². The molecule has 0 aliphatic carbocycles. The van der Waals surface area contributed by atoms with E-state index in [2.05, 4.69) is 17.2 Å². The zero-order valence-corrected chi connectivity index (χ0v) is 19.6. The van der Waals surface area contributed by atoms with Crippen LogP contribution < -0.4 is 0 Å². The Morgan fingerprint density at radius 1 is 0.939 bits per heavy atom. The summed E-state index contributed by atoms with van der Waals surface area (Å²) in [6.07, 6.45) is 3.83. The Balaban J connectivity index is 1.25. The normalized spacial score (nSPS) is 15.2. The summed E-state index contributed by atoms with van der Waals surface area (Å²) in [4.78, 5) is 16.8. The summed E-state index contributed by atoms with van der Waals surface area (Å²) in [5.41, 5.74) is 2.23. The Morgan fingerprint density at radius 3 is 2.24 bits per heavy atom. The van der Waals surface area contributed by atoms with Crippen LogP contribution in [0.25, 0.3) is 0 Å². The molecule has 1 aliphatic rings. The highest BCUT2D eigenvalue weighted by atomic mass is 32.2. The number of sulfonamides is 1. The second kappa shape index (κ2) is 10.3. The molecule has 0 spiro atoms. The Hall–Kier alpha value is -3.01. The highest BCUT2D eigenvalue weighted by Crippen LogP contribution is 2.17. The lowest BCUT2D eigenvalue weighted by Crippen LogP contribution is -2.52. The van der Waals surface area contributed by atoms with Crippen molar-refractivity contribution in [2.75, 3.05) is 39.8 Å². The van der Waals surface area contributed by atoms with Crippen molar-refractivity contribution in [2.45, 2.75) is 18.0 Å². The smallest absolute Gasteiger partial charge is 0.243 e. The maximum atomic E-state index is 12.8. The maximum Gasteiger partial charge on any atom is 0.243 e. The van der Waals surface area contributed by atoms with Crippen LogP contribution in [0.2, 0.25) is 0 Å². The Labute approximate surface area is 195 Å². The van der Waals surface area contributed by atoms with Crippen molar-refractivity contribution in [3.63, 3.8) is 0 Å². The van der Waals surface area contributed by atoms with Crippen LogP contribution in [0.3, 0.4) is 0 Å². The summed E-state index contributed by atoms with van der Waals surface area (Å²) >= 11 is 0. The molecule has 1 fully saturated rings. The number of aromatic nitrogens is 2. The summed E-state index contributed by atoms with van der Waals surface area (Å²) < 4.78 is 28.9. The molecule has 9 heteroatoms. The number of amides is 1. The van der Waals surface area contributed by atoms with Crippen molar-refractivity contribution in [2.24, 2.45) is 0 Å². The molecule has 2 heterocycles. The van der Waals surface area contributed by atoms with Crippen LogP contribution in [-0.4, -0.2) is 78.0 Å². The summed E-state index contributed by atoms with van der Waals surface area (Å²) in [5.74, 6) is 0.00550. The number of likely N-dealkylation sites (N-methyl/N-ethyl adjacent to an activating group) is 1. The molecule has 4 rings (SSSR count). The lowest BCUT2D eigenvalue weighted by molar-refractivity contribution is -0.133. The number of hydrogen-bond donors (Lipinski definition) is 0. The SMILES string of the molecule is CN(CC(=O)N1CCN(S(=O)(=O)c2ccccc2)CC1)Cc1cnn(Cc2ccccc2)c1. The second-order valence-electron chi connectivity index (χ2n) is 8.30.